The molecular weight excluding hydrogens is 212 g/mol. The van der Waals surface area contributed by atoms with E-state index in [1.807, 2.05) is 0 Å². The molecule has 3 N–H and O–H groups in total. The molecular formula is C9H12N4O3. The molecule has 2 heterocycles. The number of nitrogens with one attached hydrogen (secondary N) is 1. The highest BCUT2D eigenvalue weighted by Gasteiger charge is 2.18. The van der Waals surface area contributed by atoms with Crippen LogP contribution in [0.1, 0.15) is 6.42 Å². The van der Waals surface area contributed by atoms with Gasteiger partial charge in [0.2, 0.25) is 11.7 Å². The number of nitrogen functional groups attached to an aromatic ring is 1. The van der Waals surface area contributed by atoms with Gasteiger partial charge < -0.3 is 15.8 Å². The van der Waals surface area contributed by atoms with Gasteiger partial charge in [-0.2, -0.15) is 4.98 Å². The van der Waals surface area contributed by atoms with Gasteiger partial charge in [-0.15, -0.1) is 0 Å². The van der Waals surface area contributed by atoms with Crippen molar-refractivity contribution in [1.29, 1.82) is 0 Å². The van der Waals surface area contributed by atoms with Crippen molar-refractivity contribution < 1.29 is 9.66 Å². The summed E-state index contributed by atoms with van der Waals surface area (Å²) in [5.41, 5.74) is 5.25. The zero-order chi connectivity index (χ0) is 11.5. The Balaban J connectivity index is 2.11. The first-order valence-electron chi connectivity index (χ1n) is 4.95. The van der Waals surface area contributed by atoms with E-state index in [9.17, 15) is 10.1 Å². The lowest BCUT2D eigenvalue weighted by atomic mass is 10.3. The monoisotopic (exact) mass is 224 g/mol. The van der Waals surface area contributed by atoms with Crippen molar-refractivity contribution in [2.45, 2.75) is 12.5 Å². The molecule has 1 aromatic rings. The number of ether oxygens (including phenoxy) is 1. The summed E-state index contributed by atoms with van der Waals surface area (Å²) in [6.45, 7) is 1.67. The Morgan fingerprint density at radius 2 is 2.44 bits per heavy atom. The van der Waals surface area contributed by atoms with Crippen LogP contribution in [0.25, 0.3) is 0 Å². The zero-order valence-electron chi connectivity index (χ0n) is 8.55. The van der Waals surface area contributed by atoms with Crippen LogP contribution in [-0.2, 0) is 0 Å². The third-order valence-electron chi connectivity index (χ3n) is 2.38. The van der Waals surface area contributed by atoms with Gasteiger partial charge in [-0.05, 0) is 13.0 Å². The van der Waals surface area contributed by atoms with Crippen LogP contribution in [0.5, 0.6) is 5.88 Å². The second kappa shape index (κ2) is 4.31. The van der Waals surface area contributed by atoms with Crippen molar-refractivity contribution in [3.05, 3.63) is 22.2 Å². The van der Waals surface area contributed by atoms with Gasteiger partial charge in [0.1, 0.15) is 6.10 Å². The van der Waals surface area contributed by atoms with Gasteiger partial charge in [0.05, 0.1) is 4.92 Å². The van der Waals surface area contributed by atoms with Gasteiger partial charge in [0.25, 0.3) is 0 Å². The summed E-state index contributed by atoms with van der Waals surface area (Å²) in [6.07, 6.45) is 0.965. The van der Waals surface area contributed by atoms with E-state index in [4.69, 9.17) is 10.5 Å². The van der Waals surface area contributed by atoms with Crippen LogP contribution >= 0.6 is 0 Å². The van der Waals surface area contributed by atoms with Gasteiger partial charge in [0, 0.05) is 18.7 Å². The average molecular weight is 224 g/mol. The van der Waals surface area contributed by atoms with E-state index in [1.165, 1.54) is 12.1 Å². The van der Waals surface area contributed by atoms with E-state index < -0.39 is 4.92 Å². The van der Waals surface area contributed by atoms with Crippen LogP contribution in [0, 0.1) is 10.1 Å². The SMILES string of the molecule is Nc1nc(OC2CCNC2)ccc1[N+](=O)[O-]. The molecule has 1 saturated heterocycles. The van der Waals surface area contributed by atoms with Crippen molar-refractivity contribution in [3.8, 4) is 5.88 Å². The molecule has 1 aliphatic rings. The maximum atomic E-state index is 10.5. The highest BCUT2D eigenvalue weighted by Crippen LogP contribution is 2.23. The van der Waals surface area contributed by atoms with Crippen LogP contribution in [0.4, 0.5) is 11.5 Å². The first-order chi connectivity index (χ1) is 7.66. The minimum absolute atomic E-state index is 0.0633. The maximum Gasteiger partial charge on any atom is 0.311 e. The summed E-state index contributed by atoms with van der Waals surface area (Å²) in [5.74, 6) is 0.213. The molecule has 0 radical (unpaired) electrons. The third kappa shape index (κ3) is 2.19. The number of hydrogen-bond donors (Lipinski definition) is 2. The minimum Gasteiger partial charge on any atom is -0.473 e. The van der Waals surface area contributed by atoms with Crippen molar-refractivity contribution >= 4 is 11.5 Å². The van der Waals surface area contributed by atoms with Crippen LogP contribution in [0.2, 0.25) is 0 Å². The normalized spacial score (nSPS) is 19.6. The van der Waals surface area contributed by atoms with E-state index in [1.54, 1.807) is 0 Å². The van der Waals surface area contributed by atoms with Gasteiger partial charge in [-0.1, -0.05) is 0 Å². The predicted molar refractivity (Wildman–Crippen MR) is 57.2 cm³/mol. The molecule has 0 aromatic carbocycles. The fourth-order valence-corrected chi connectivity index (χ4v) is 1.57. The molecule has 0 bridgehead atoms. The molecule has 7 heteroatoms. The molecule has 7 nitrogen and oxygen atoms in total. The molecule has 2 rings (SSSR count). The average Bonchev–Trinajstić information content (AvgIpc) is 2.70. The number of nitrogens with two attached hydrogens (primary N) is 1. The standard InChI is InChI=1S/C9H12N4O3/c10-9-7(13(14)15)1-2-8(12-9)16-6-3-4-11-5-6/h1-2,6,11H,3-5H2,(H2,10,12). The molecule has 1 aliphatic heterocycles. The first-order valence-corrected chi connectivity index (χ1v) is 4.95. The summed E-state index contributed by atoms with van der Waals surface area (Å²) in [4.78, 5) is 13.8. The zero-order valence-corrected chi connectivity index (χ0v) is 8.55. The fraction of sp³-hybridized carbons (Fsp3) is 0.444. The van der Waals surface area contributed by atoms with Gasteiger partial charge in [-0.25, -0.2) is 0 Å². The summed E-state index contributed by atoms with van der Waals surface area (Å²) >= 11 is 0. The molecule has 1 fully saturated rings. The van der Waals surface area contributed by atoms with E-state index in [-0.39, 0.29) is 17.6 Å². The second-order valence-electron chi connectivity index (χ2n) is 3.54. The lowest BCUT2D eigenvalue weighted by molar-refractivity contribution is -0.384. The molecule has 1 unspecified atom stereocenters. The van der Waals surface area contributed by atoms with Crippen LogP contribution in [0.3, 0.4) is 0 Å². The van der Waals surface area contributed by atoms with Crippen molar-refractivity contribution in [2.75, 3.05) is 18.8 Å². The maximum absolute atomic E-state index is 10.5. The van der Waals surface area contributed by atoms with Gasteiger partial charge in [0.15, 0.2) is 0 Å². The van der Waals surface area contributed by atoms with E-state index in [2.05, 4.69) is 10.3 Å². The van der Waals surface area contributed by atoms with E-state index >= 15 is 0 Å². The van der Waals surface area contributed by atoms with E-state index in [0.29, 0.717) is 5.88 Å². The number of anilines is 1. The van der Waals surface area contributed by atoms with Crippen molar-refractivity contribution in [2.24, 2.45) is 0 Å². The lowest BCUT2D eigenvalue weighted by Crippen LogP contribution is -2.20. The van der Waals surface area contributed by atoms with Crippen LogP contribution in [0.15, 0.2) is 12.1 Å². The fourth-order valence-electron chi connectivity index (χ4n) is 1.57. The highest BCUT2D eigenvalue weighted by atomic mass is 16.6. The first kappa shape index (κ1) is 10.6. The van der Waals surface area contributed by atoms with Crippen LogP contribution in [-0.4, -0.2) is 29.1 Å². The molecule has 86 valence electrons. The molecule has 16 heavy (non-hydrogen) atoms. The molecule has 0 spiro atoms. The number of rotatable bonds is 3. The predicted octanol–water partition coefficient (Wildman–Crippen LogP) is 0.313. The highest BCUT2D eigenvalue weighted by molar-refractivity contribution is 5.53. The third-order valence-corrected chi connectivity index (χ3v) is 2.38. The Morgan fingerprint density at radius 3 is 3.00 bits per heavy atom. The Bertz CT molecular complexity index is 404. The number of hydrogen-bond acceptors (Lipinski definition) is 6. The Labute approximate surface area is 91.8 Å². The van der Waals surface area contributed by atoms with Gasteiger partial charge >= 0.3 is 5.69 Å². The summed E-state index contributed by atoms with van der Waals surface area (Å²) in [5, 5.41) is 13.7. The Morgan fingerprint density at radius 1 is 1.62 bits per heavy atom. The minimum atomic E-state index is -0.566. The second-order valence-corrected chi connectivity index (χ2v) is 3.54. The molecule has 1 aromatic heterocycles. The molecule has 1 atom stereocenters. The number of nitro groups is 1. The number of pyridine rings is 1. The smallest absolute Gasteiger partial charge is 0.311 e. The van der Waals surface area contributed by atoms with Crippen molar-refractivity contribution in [1.82, 2.24) is 10.3 Å². The molecule has 0 saturated carbocycles. The Kier molecular flexibility index (Phi) is 2.86. The molecule has 0 amide bonds. The quantitative estimate of drug-likeness (QED) is 0.565. The summed E-state index contributed by atoms with van der Waals surface area (Å²) in [7, 11) is 0. The van der Waals surface area contributed by atoms with E-state index in [0.717, 1.165) is 19.5 Å². The molecule has 0 aliphatic carbocycles. The number of aromatic nitrogens is 1. The largest absolute Gasteiger partial charge is 0.473 e. The number of nitrogens with zero attached hydrogens (tertiary/aromatic N) is 2. The summed E-state index contributed by atoms with van der Waals surface area (Å²) in [6, 6.07) is 2.77. The summed E-state index contributed by atoms with van der Waals surface area (Å²) < 4.78 is 5.51. The van der Waals surface area contributed by atoms with Crippen molar-refractivity contribution in [3.63, 3.8) is 0 Å². The topological polar surface area (TPSA) is 103 Å². The lowest BCUT2D eigenvalue weighted by Gasteiger charge is -2.11. The van der Waals surface area contributed by atoms with Crippen LogP contribution < -0.4 is 15.8 Å². The van der Waals surface area contributed by atoms with Gasteiger partial charge in [-0.3, -0.25) is 10.1 Å². The Hall–Kier alpha value is -1.89.